The highest BCUT2D eigenvalue weighted by Gasteiger charge is 2.30. The van der Waals surface area contributed by atoms with Gasteiger partial charge in [-0.3, -0.25) is 9.59 Å². The largest absolute Gasteiger partial charge is 0.497 e. The Bertz CT molecular complexity index is 1170. The molecule has 2 N–H and O–H groups in total. The molecule has 1 aliphatic rings. The molecule has 0 spiro atoms. The van der Waals surface area contributed by atoms with Crippen LogP contribution in [0.5, 0.6) is 5.75 Å². The summed E-state index contributed by atoms with van der Waals surface area (Å²) >= 11 is 0. The molecule has 0 atom stereocenters. The second-order valence-corrected chi connectivity index (χ2v) is 7.69. The van der Waals surface area contributed by atoms with Crippen LogP contribution in [0.15, 0.2) is 42.5 Å². The van der Waals surface area contributed by atoms with Crippen LogP contribution in [0.25, 0.3) is 10.9 Å². The van der Waals surface area contributed by atoms with Gasteiger partial charge in [0.25, 0.3) is 0 Å². The van der Waals surface area contributed by atoms with Gasteiger partial charge in [-0.05, 0) is 36.4 Å². The van der Waals surface area contributed by atoms with E-state index in [0.717, 1.165) is 40.0 Å². The predicted octanol–water partition coefficient (Wildman–Crippen LogP) is 4.50. The minimum atomic E-state index is -4.49. The highest BCUT2D eigenvalue weighted by atomic mass is 19.4. The Hall–Kier alpha value is -3.49. The van der Waals surface area contributed by atoms with E-state index in [0.29, 0.717) is 19.5 Å². The topological polar surface area (TPSA) is 74.4 Å². The van der Waals surface area contributed by atoms with Gasteiger partial charge in [0, 0.05) is 60.2 Å². The molecule has 3 aromatic rings. The lowest BCUT2D eigenvalue weighted by molar-refractivity contribution is -0.137. The van der Waals surface area contributed by atoms with Crippen molar-refractivity contribution in [1.29, 1.82) is 0 Å². The minimum Gasteiger partial charge on any atom is -0.497 e. The quantitative estimate of drug-likeness (QED) is 0.607. The Balaban J connectivity index is 1.37. The third-order valence-corrected chi connectivity index (χ3v) is 5.57. The summed E-state index contributed by atoms with van der Waals surface area (Å²) in [7, 11) is 1.60. The van der Waals surface area contributed by atoms with Crippen molar-refractivity contribution in [3.05, 3.63) is 59.3 Å². The number of carbonyl (C=O) groups is 2. The number of ether oxygens (including phenoxy) is 1. The summed E-state index contributed by atoms with van der Waals surface area (Å²) < 4.78 is 43.7. The van der Waals surface area contributed by atoms with Crippen LogP contribution in [0.1, 0.15) is 29.7 Å². The van der Waals surface area contributed by atoms with Gasteiger partial charge in [0.1, 0.15) is 5.75 Å². The van der Waals surface area contributed by atoms with Gasteiger partial charge in [-0.1, -0.05) is 6.07 Å². The molecule has 1 aromatic heterocycles. The van der Waals surface area contributed by atoms with Crippen molar-refractivity contribution in [1.82, 2.24) is 9.88 Å². The van der Waals surface area contributed by atoms with E-state index in [4.69, 9.17) is 4.74 Å². The number of nitrogens with zero attached hydrogens (tertiary/aromatic N) is 1. The van der Waals surface area contributed by atoms with Crippen LogP contribution >= 0.6 is 0 Å². The molecule has 2 heterocycles. The molecule has 0 aliphatic carbocycles. The van der Waals surface area contributed by atoms with Crippen LogP contribution in [-0.4, -0.2) is 35.4 Å². The summed E-state index contributed by atoms with van der Waals surface area (Å²) in [5.74, 6) is 0.0494. The van der Waals surface area contributed by atoms with E-state index in [2.05, 4.69) is 10.3 Å². The average molecular weight is 445 g/mol. The summed E-state index contributed by atoms with van der Waals surface area (Å²) in [5, 5.41) is 3.43. The van der Waals surface area contributed by atoms with Gasteiger partial charge >= 0.3 is 6.18 Å². The van der Waals surface area contributed by atoms with E-state index in [1.807, 2.05) is 18.2 Å². The fraction of sp³-hybridized carbons (Fsp3) is 0.304. The number of H-pyrrole nitrogens is 1. The number of hydrogen-bond donors (Lipinski definition) is 2. The lowest BCUT2D eigenvalue weighted by atomic mass is 10.0. The Morgan fingerprint density at radius 1 is 1.16 bits per heavy atom. The number of rotatable bonds is 5. The Morgan fingerprint density at radius 3 is 2.72 bits per heavy atom. The van der Waals surface area contributed by atoms with Crippen LogP contribution in [0, 0.1) is 0 Å². The lowest BCUT2D eigenvalue weighted by Gasteiger charge is -2.27. The molecule has 0 saturated heterocycles. The fourth-order valence-corrected chi connectivity index (χ4v) is 3.91. The maximum atomic E-state index is 12.8. The van der Waals surface area contributed by atoms with E-state index >= 15 is 0 Å². The number of aromatic amines is 1. The first-order chi connectivity index (χ1) is 15.2. The second kappa shape index (κ2) is 8.57. The Morgan fingerprint density at radius 2 is 1.97 bits per heavy atom. The van der Waals surface area contributed by atoms with E-state index in [1.165, 1.54) is 12.1 Å². The molecule has 0 unspecified atom stereocenters. The van der Waals surface area contributed by atoms with Gasteiger partial charge in [-0.2, -0.15) is 13.2 Å². The summed E-state index contributed by atoms with van der Waals surface area (Å²) in [6.07, 6.45) is -3.95. The standard InChI is InChI=1S/C23H22F3N3O3/c1-32-16-5-6-19-17(12-16)18-13-29(10-9-20(18)28-19)22(31)8-7-21(30)27-15-4-2-3-14(11-15)23(24,25)26/h2-6,11-12,28H,7-10,13H2,1H3,(H,27,30). The van der Waals surface area contributed by atoms with Crippen LogP contribution in [-0.2, 0) is 28.7 Å². The van der Waals surface area contributed by atoms with Gasteiger partial charge in [0.2, 0.25) is 11.8 Å². The average Bonchev–Trinajstić information content (AvgIpc) is 3.14. The zero-order valence-electron chi connectivity index (χ0n) is 17.4. The molecule has 32 heavy (non-hydrogen) atoms. The maximum Gasteiger partial charge on any atom is 0.416 e. The number of amides is 2. The molecular weight excluding hydrogens is 423 g/mol. The van der Waals surface area contributed by atoms with Crippen LogP contribution < -0.4 is 10.1 Å². The number of nitrogens with one attached hydrogen (secondary N) is 2. The number of aromatic nitrogens is 1. The van der Waals surface area contributed by atoms with Crippen molar-refractivity contribution >= 4 is 28.4 Å². The van der Waals surface area contributed by atoms with Crippen molar-refractivity contribution in [3.63, 3.8) is 0 Å². The number of carbonyl (C=O) groups excluding carboxylic acids is 2. The van der Waals surface area contributed by atoms with Gasteiger partial charge < -0.3 is 19.9 Å². The molecular formula is C23H22F3N3O3. The number of benzene rings is 2. The van der Waals surface area contributed by atoms with Crippen molar-refractivity contribution in [2.75, 3.05) is 19.0 Å². The normalized spacial score (nSPS) is 13.7. The van der Waals surface area contributed by atoms with Gasteiger partial charge in [0.15, 0.2) is 0 Å². The summed E-state index contributed by atoms with van der Waals surface area (Å²) in [6.45, 7) is 0.960. The number of hydrogen-bond acceptors (Lipinski definition) is 3. The first kappa shape index (κ1) is 21.7. The van der Waals surface area contributed by atoms with Crippen molar-refractivity contribution < 1.29 is 27.5 Å². The first-order valence-corrected chi connectivity index (χ1v) is 10.2. The molecule has 6 nitrogen and oxygen atoms in total. The number of methoxy groups -OCH3 is 1. The number of halogens is 3. The van der Waals surface area contributed by atoms with Gasteiger partial charge in [-0.15, -0.1) is 0 Å². The molecule has 0 saturated carbocycles. The van der Waals surface area contributed by atoms with Crippen molar-refractivity contribution in [2.45, 2.75) is 32.0 Å². The molecule has 1 aliphatic heterocycles. The van der Waals surface area contributed by atoms with E-state index in [9.17, 15) is 22.8 Å². The predicted molar refractivity (Wildman–Crippen MR) is 113 cm³/mol. The van der Waals surface area contributed by atoms with Crippen LogP contribution in [0.4, 0.5) is 18.9 Å². The monoisotopic (exact) mass is 445 g/mol. The number of anilines is 1. The molecule has 2 aromatic carbocycles. The SMILES string of the molecule is COc1ccc2[nH]c3c(c2c1)CN(C(=O)CCC(=O)Nc1cccc(C(F)(F)F)c1)CC3. The Labute approximate surface area is 182 Å². The first-order valence-electron chi connectivity index (χ1n) is 10.2. The van der Waals surface area contributed by atoms with Crippen molar-refractivity contribution in [3.8, 4) is 5.75 Å². The second-order valence-electron chi connectivity index (χ2n) is 7.69. The zero-order valence-corrected chi connectivity index (χ0v) is 17.4. The minimum absolute atomic E-state index is 0.0220. The maximum absolute atomic E-state index is 12.8. The molecule has 168 valence electrons. The molecule has 4 rings (SSSR count). The Kier molecular flexibility index (Phi) is 5.82. The molecule has 0 bridgehead atoms. The van der Waals surface area contributed by atoms with E-state index in [-0.39, 0.29) is 24.4 Å². The highest BCUT2D eigenvalue weighted by molar-refractivity contribution is 5.93. The summed E-state index contributed by atoms with van der Waals surface area (Å²) in [5.41, 5.74) is 2.30. The van der Waals surface area contributed by atoms with Crippen molar-refractivity contribution in [2.24, 2.45) is 0 Å². The van der Waals surface area contributed by atoms with Gasteiger partial charge in [-0.25, -0.2) is 0 Å². The van der Waals surface area contributed by atoms with E-state index in [1.54, 1.807) is 12.0 Å². The fourth-order valence-electron chi connectivity index (χ4n) is 3.91. The molecule has 9 heteroatoms. The summed E-state index contributed by atoms with van der Waals surface area (Å²) in [4.78, 5) is 30.0. The molecule has 2 amide bonds. The summed E-state index contributed by atoms with van der Waals surface area (Å²) in [6, 6.07) is 10.2. The highest BCUT2D eigenvalue weighted by Crippen LogP contribution is 2.32. The van der Waals surface area contributed by atoms with Gasteiger partial charge in [0.05, 0.1) is 12.7 Å². The number of fused-ring (bicyclic) bond motifs is 3. The van der Waals surface area contributed by atoms with E-state index < -0.39 is 17.6 Å². The van der Waals surface area contributed by atoms with Crippen LogP contribution in [0.2, 0.25) is 0 Å². The van der Waals surface area contributed by atoms with Crippen LogP contribution in [0.3, 0.4) is 0 Å². The third kappa shape index (κ3) is 4.56. The smallest absolute Gasteiger partial charge is 0.416 e. The molecule has 0 radical (unpaired) electrons. The number of alkyl halides is 3. The molecule has 0 fully saturated rings. The third-order valence-electron chi connectivity index (χ3n) is 5.57. The zero-order chi connectivity index (χ0) is 22.9. The lowest BCUT2D eigenvalue weighted by Crippen LogP contribution is -2.36.